The number of aryl methyl sites for hydroxylation is 1. The van der Waals surface area contributed by atoms with Crippen LogP contribution in [0.3, 0.4) is 0 Å². The molecule has 166 valence electrons. The van der Waals surface area contributed by atoms with Crippen LogP contribution >= 0.6 is 34.4 Å². The molecule has 0 atom stereocenters. The number of methoxy groups -OCH3 is 1. The molecule has 0 fully saturated rings. The summed E-state index contributed by atoms with van der Waals surface area (Å²) in [6, 6.07) is 21.5. The molecule has 0 aromatic heterocycles. The number of nitrogens with one attached hydrogen (secondary N) is 1. The van der Waals surface area contributed by atoms with E-state index >= 15 is 0 Å². The van der Waals surface area contributed by atoms with Gasteiger partial charge in [0.2, 0.25) is 0 Å². The fraction of sp³-hybridized carbons (Fsp3) is 0.0800. The summed E-state index contributed by atoms with van der Waals surface area (Å²) < 4.78 is 5.78. The van der Waals surface area contributed by atoms with Gasteiger partial charge in [0.05, 0.1) is 18.4 Å². The van der Waals surface area contributed by atoms with Crippen LogP contribution in [0.2, 0.25) is 0 Å². The molecule has 1 N–H and O–H groups in total. The van der Waals surface area contributed by atoms with Crippen molar-refractivity contribution in [1.29, 1.82) is 0 Å². The topological polar surface area (TPSA) is 75.7 Å². The Hall–Kier alpha value is -3.11. The number of rotatable bonds is 6. The van der Waals surface area contributed by atoms with E-state index in [2.05, 4.69) is 27.9 Å². The maximum Gasteiger partial charge on any atom is 0.337 e. The largest absolute Gasteiger partial charge is 0.465 e. The summed E-state index contributed by atoms with van der Waals surface area (Å²) in [6.45, 7) is 1.99. The Morgan fingerprint density at radius 3 is 2.15 bits per heavy atom. The maximum absolute atomic E-state index is 13.4. The van der Waals surface area contributed by atoms with Crippen molar-refractivity contribution in [2.75, 3.05) is 17.3 Å². The predicted molar refractivity (Wildman–Crippen MR) is 137 cm³/mol. The summed E-state index contributed by atoms with van der Waals surface area (Å²) in [4.78, 5) is 40.8. The first-order chi connectivity index (χ1) is 15.9. The van der Waals surface area contributed by atoms with Crippen LogP contribution in [0, 0.1) is 10.5 Å². The third-order valence-electron chi connectivity index (χ3n) is 4.94. The standard InChI is InChI=1S/C25H19IN2O4S/c1-15-3-13-20(14-4-15)33-22-21(27-18-9-7-17(26)8-10-18)23(29)28(24(22)30)19-11-5-16(6-12-19)25(31)32-2/h3-14,27H,1-2H3. The van der Waals surface area contributed by atoms with Crippen LogP contribution in [0.5, 0.6) is 0 Å². The second-order valence-electron chi connectivity index (χ2n) is 7.24. The molecule has 1 aliphatic rings. The minimum absolute atomic E-state index is 0.212. The highest BCUT2D eigenvalue weighted by molar-refractivity contribution is 14.1. The van der Waals surface area contributed by atoms with Crippen LogP contribution in [-0.4, -0.2) is 24.9 Å². The van der Waals surface area contributed by atoms with E-state index in [1.54, 1.807) is 12.1 Å². The second-order valence-corrected chi connectivity index (χ2v) is 9.56. The molecule has 0 unspecified atom stereocenters. The number of hydrogen-bond acceptors (Lipinski definition) is 6. The van der Waals surface area contributed by atoms with Crippen molar-refractivity contribution in [3.8, 4) is 0 Å². The number of esters is 1. The highest BCUT2D eigenvalue weighted by Gasteiger charge is 2.40. The summed E-state index contributed by atoms with van der Waals surface area (Å²) in [5.74, 6) is -1.38. The second kappa shape index (κ2) is 9.80. The molecule has 33 heavy (non-hydrogen) atoms. The molecule has 4 rings (SSSR count). The molecule has 6 nitrogen and oxygen atoms in total. The van der Waals surface area contributed by atoms with E-state index in [-0.39, 0.29) is 5.70 Å². The summed E-state index contributed by atoms with van der Waals surface area (Å²) in [5.41, 5.74) is 2.73. The number of benzene rings is 3. The summed E-state index contributed by atoms with van der Waals surface area (Å²) in [7, 11) is 1.30. The quantitative estimate of drug-likeness (QED) is 0.244. The molecule has 0 saturated carbocycles. The van der Waals surface area contributed by atoms with Crippen molar-refractivity contribution >= 4 is 63.5 Å². The van der Waals surface area contributed by atoms with Crippen molar-refractivity contribution in [3.63, 3.8) is 0 Å². The molecule has 0 aliphatic carbocycles. The average molecular weight is 570 g/mol. The van der Waals surface area contributed by atoms with Gasteiger partial charge in [0.1, 0.15) is 10.6 Å². The van der Waals surface area contributed by atoms with Crippen molar-refractivity contribution in [3.05, 3.63) is 98.1 Å². The lowest BCUT2D eigenvalue weighted by atomic mass is 10.2. The molecule has 3 aromatic rings. The number of halogens is 1. The number of ether oxygens (including phenoxy) is 1. The van der Waals surface area contributed by atoms with Gasteiger partial charge >= 0.3 is 5.97 Å². The molecule has 0 radical (unpaired) electrons. The Bertz CT molecular complexity index is 1180. The van der Waals surface area contributed by atoms with Gasteiger partial charge in [0, 0.05) is 14.2 Å². The van der Waals surface area contributed by atoms with Gasteiger partial charge in [0.25, 0.3) is 11.8 Å². The lowest BCUT2D eigenvalue weighted by molar-refractivity contribution is -0.120. The highest BCUT2D eigenvalue weighted by atomic mass is 127. The van der Waals surface area contributed by atoms with E-state index in [9.17, 15) is 14.4 Å². The van der Waals surface area contributed by atoms with Crippen molar-refractivity contribution < 1.29 is 19.1 Å². The predicted octanol–water partition coefficient (Wildman–Crippen LogP) is 5.38. The van der Waals surface area contributed by atoms with Crippen LogP contribution in [0.15, 0.2) is 88.3 Å². The SMILES string of the molecule is COC(=O)c1ccc(N2C(=O)C(Nc3ccc(I)cc3)=C(Sc3ccc(C)cc3)C2=O)cc1. The Kier molecular flexibility index (Phi) is 6.85. The first-order valence-corrected chi connectivity index (χ1v) is 11.9. The maximum atomic E-state index is 13.4. The summed E-state index contributed by atoms with van der Waals surface area (Å²) in [5, 5.41) is 3.14. The smallest absolute Gasteiger partial charge is 0.337 e. The van der Waals surface area contributed by atoms with E-state index in [1.165, 1.54) is 31.0 Å². The number of anilines is 2. The molecule has 2 amide bonds. The normalized spacial score (nSPS) is 13.5. The van der Waals surface area contributed by atoms with Crippen LogP contribution < -0.4 is 10.2 Å². The van der Waals surface area contributed by atoms with Crippen LogP contribution in [0.4, 0.5) is 11.4 Å². The average Bonchev–Trinajstić information content (AvgIpc) is 3.05. The minimum atomic E-state index is -0.490. The molecule has 0 spiro atoms. The minimum Gasteiger partial charge on any atom is -0.465 e. The Labute approximate surface area is 209 Å². The van der Waals surface area contributed by atoms with Gasteiger partial charge in [-0.3, -0.25) is 9.59 Å². The van der Waals surface area contributed by atoms with Gasteiger partial charge in [-0.25, -0.2) is 9.69 Å². The van der Waals surface area contributed by atoms with E-state index in [1.807, 2.05) is 55.5 Å². The van der Waals surface area contributed by atoms with Crippen LogP contribution in [0.1, 0.15) is 15.9 Å². The fourth-order valence-corrected chi connectivity index (χ4v) is 4.50. The molecule has 3 aromatic carbocycles. The lowest BCUT2D eigenvalue weighted by Gasteiger charge is -2.15. The van der Waals surface area contributed by atoms with Gasteiger partial charge in [-0.15, -0.1) is 0 Å². The molecule has 0 bridgehead atoms. The molecule has 1 aliphatic heterocycles. The highest BCUT2D eigenvalue weighted by Crippen LogP contribution is 2.38. The zero-order valence-electron chi connectivity index (χ0n) is 17.8. The monoisotopic (exact) mass is 570 g/mol. The van der Waals surface area contributed by atoms with Gasteiger partial charge < -0.3 is 10.1 Å². The van der Waals surface area contributed by atoms with E-state index in [0.717, 1.165) is 18.9 Å². The zero-order chi connectivity index (χ0) is 23.5. The zero-order valence-corrected chi connectivity index (χ0v) is 20.8. The number of thioether (sulfide) groups is 1. The number of carbonyl (C=O) groups is 3. The first kappa shape index (κ1) is 23.1. The molecule has 8 heteroatoms. The summed E-state index contributed by atoms with van der Waals surface area (Å²) >= 11 is 3.45. The van der Waals surface area contributed by atoms with E-state index in [0.29, 0.717) is 21.8 Å². The third-order valence-corrected chi connectivity index (χ3v) is 6.75. The number of carbonyl (C=O) groups excluding carboxylic acids is 3. The Morgan fingerprint density at radius 2 is 1.55 bits per heavy atom. The van der Waals surface area contributed by atoms with Crippen molar-refractivity contribution in [2.45, 2.75) is 11.8 Å². The van der Waals surface area contributed by atoms with Crippen LogP contribution in [0.25, 0.3) is 0 Å². The Balaban J connectivity index is 1.70. The van der Waals surface area contributed by atoms with Gasteiger partial charge in [-0.1, -0.05) is 29.5 Å². The number of amides is 2. The van der Waals surface area contributed by atoms with E-state index in [4.69, 9.17) is 4.74 Å². The Morgan fingerprint density at radius 1 is 0.909 bits per heavy atom. The molecule has 1 heterocycles. The van der Waals surface area contributed by atoms with E-state index < -0.39 is 17.8 Å². The third kappa shape index (κ3) is 4.96. The van der Waals surface area contributed by atoms with Crippen molar-refractivity contribution in [1.82, 2.24) is 0 Å². The molecular weight excluding hydrogens is 551 g/mol. The van der Waals surface area contributed by atoms with Gasteiger partial charge in [-0.2, -0.15) is 0 Å². The van der Waals surface area contributed by atoms with Crippen molar-refractivity contribution in [2.24, 2.45) is 0 Å². The van der Waals surface area contributed by atoms with Crippen LogP contribution in [-0.2, 0) is 14.3 Å². The van der Waals surface area contributed by atoms with Gasteiger partial charge in [-0.05, 0) is 90.2 Å². The first-order valence-electron chi connectivity index (χ1n) is 9.96. The van der Waals surface area contributed by atoms with Gasteiger partial charge in [0.15, 0.2) is 0 Å². The summed E-state index contributed by atoms with van der Waals surface area (Å²) in [6.07, 6.45) is 0. The number of nitrogens with zero attached hydrogens (tertiary/aromatic N) is 1. The fourth-order valence-electron chi connectivity index (χ4n) is 3.22. The number of imide groups is 1. The molecule has 0 saturated heterocycles. The number of hydrogen-bond donors (Lipinski definition) is 1. The molecular formula is C25H19IN2O4S. The lowest BCUT2D eigenvalue weighted by Crippen LogP contribution is -2.32.